The number of hydrogen-bond acceptors (Lipinski definition) is 3. The Hall–Kier alpha value is -0.220. The minimum absolute atomic E-state index is 0.128. The van der Waals surface area contributed by atoms with Crippen LogP contribution in [0.3, 0.4) is 0 Å². The highest BCUT2D eigenvalue weighted by atomic mass is 32.2. The number of rotatable bonds is 6. The van der Waals surface area contributed by atoms with Gasteiger partial charge in [0.1, 0.15) is 5.25 Å². The molecule has 0 fully saturated rings. The molecule has 2 unspecified atom stereocenters. The normalized spacial score (nSPS) is 15.6. The van der Waals surface area contributed by atoms with Crippen LogP contribution in [0.4, 0.5) is 0 Å². The maximum atomic E-state index is 10.5. The van der Waals surface area contributed by atoms with E-state index in [1.165, 1.54) is 11.8 Å². The zero-order valence-electron chi connectivity index (χ0n) is 7.49. The third kappa shape index (κ3) is 4.62. The molecule has 0 aromatic heterocycles. The second-order valence-electron chi connectivity index (χ2n) is 2.86. The molecule has 0 amide bonds. The lowest BCUT2D eigenvalue weighted by Crippen LogP contribution is -2.17. The minimum atomic E-state index is -0.757. The van der Waals surface area contributed by atoms with Crippen LogP contribution in [-0.2, 0) is 4.79 Å². The first-order valence-corrected chi connectivity index (χ1v) is 5.11. The zero-order chi connectivity index (χ0) is 9.56. The number of carbonyl (C=O) groups is 1. The van der Waals surface area contributed by atoms with Crippen molar-refractivity contribution in [3.63, 3.8) is 0 Å². The number of carboxylic acid groups (broad SMARTS) is 1. The van der Waals surface area contributed by atoms with Gasteiger partial charge in [0.2, 0.25) is 0 Å². The number of aliphatic hydroxyl groups excluding tert-OH is 1. The van der Waals surface area contributed by atoms with Crippen molar-refractivity contribution in [2.75, 3.05) is 12.4 Å². The SMILES string of the molecule is CCC(SCC(C)CO)C(=O)O. The Bertz CT molecular complexity index is 138. The van der Waals surface area contributed by atoms with Crippen LogP contribution in [0.5, 0.6) is 0 Å². The molecule has 0 aliphatic rings. The molecule has 0 aromatic carbocycles. The number of aliphatic hydroxyl groups is 1. The maximum absolute atomic E-state index is 10.5. The quantitative estimate of drug-likeness (QED) is 0.664. The van der Waals surface area contributed by atoms with Crippen LogP contribution < -0.4 is 0 Å². The van der Waals surface area contributed by atoms with Crippen molar-refractivity contribution in [3.8, 4) is 0 Å². The van der Waals surface area contributed by atoms with Crippen LogP contribution >= 0.6 is 11.8 Å². The Morgan fingerprint density at radius 3 is 2.50 bits per heavy atom. The van der Waals surface area contributed by atoms with Gasteiger partial charge < -0.3 is 10.2 Å². The predicted molar refractivity (Wildman–Crippen MR) is 50.4 cm³/mol. The van der Waals surface area contributed by atoms with Crippen molar-refractivity contribution < 1.29 is 15.0 Å². The fraction of sp³-hybridized carbons (Fsp3) is 0.875. The molecule has 0 heterocycles. The molecule has 4 heteroatoms. The molecule has 0 saturated carbocycles. The molecule has 3 nitrogen and oxygen atoms in total. The first kappa shape index (κ1) is 11.8. The topological polar surface area (TPSA) is 57.5 Å². The van der Waals surface area contributed by atoms with Crippen LogP contribution in [-0.4, -0.2) is 33.8 Å². The van der Waals surface area contributed by atoms with Crippen molar-refractivity contribution >= 4 is 17.7 Å². The van der Waals surface area contributed by atoms with E-state index in [2.05, 4.69) is 0 Å². The fourth-order valence-electron chi connectivity index (χ4n) is 0.697. The lowest BCUT2D eigenvalue weighted by molar-refractivity contribution is -0.136. The molecular formula is C8H16O3S. The largest absolute Gasteiger partial charge is 0.480 e. The van der Waals surface area contributed by atoms with E-state index < -0.39 is 5.97 Å². The van der Waals surface area contributed by atoms with E-state index in [4.69, 9.17) is 10.2 Å². The highest BCUT2D eigenvalue weighted by Crippen LogP contribution is 2.17. The molecule has 0 spiro atoms. The standard InChI is InChI=1S/C8H16O3S/c1-3-7(8(10)11)12-5-6(2)4-9/h6-7,9H,3-5H2,1-2H3,(H,10,11). The van der Waals surface area contributed by atoms with Gasteiger partial charge in [-0.1, -0.05) is 13.8 Å². The summed E-state index contributed by atoms with van der Waals surface area (Å²) < 4.78 is 0. The average Bonchev–Trinajstić information content (AvgIpc) is 2.04. The third-order valence-electron chi connectivity index (χ3n) is 1.54. The fourth-order valence-corrected chi connectivity index (χ4v) is 1.74. The van der Waals surface area contributed by atoms with Gasteiger partial charge in [-0.15, -0.1) is 11.8 Å². The summed E-state index contributed by atoms with van der Waals surface area (Å²) in [6.07, 6.45) is 0.637. The van der Waals surface area contributed by atoms with E-state index in [-0.39, 0.29) is 17.8 Å². The molecule has 12 heavy (non-hydrogen) atoms. The lowest BCUT2D eigenvalue weighted by Gasteiger charge is -2.11. The number of thioether (sulfide) groups is 1. The van der Waals surface area contributed by atoms with E-state index in [0.717, 1.165) is 0 Å². The van der Waals surface area contributed by atoms with Gasteiger partial charge in [-0.2, -0.15) is 0 Å². The summed E-state index contributed by atoms with van der Waals surface area (Å²) in [5.74, 6) is 0.137. The summed E-state index contributed by atoms with van der Waals surface area (Å²) in [5, 5.41) is 17.1. The summed E-state index contributed by atoms with van der Waals surface area (Å²) in [7, 11) is 0. The van der Waals surface area contributed by atoms with Crippen molar-refractivity contribution in [2.24, 2.45) is 5.92 Å². The summed E-state index contributed by atoms with van der Waals surface area (Å²) in [5.41, 5.74) is 0. The summed E-state index contributed by atoms with van der Waals surface area (Å²) in [4.78, 5) is 10.5. The molecule has 2 atom stereocenters. The van der Waals surface area contributed by atoms with Gasteiger partial charge in [0.25, 0.3) is 0 Å². The van der Waals surface area contributed by atoms with Gasteiger partial charge in [0.15, 0.2) is 0 Å². The Balaban J connectivity index is 3.65. The summed E-state index contributed by atoms with van der Waals surface area (Å²) >= 11 is 1.40. The Labute approximate surface area is 77.2 Å². The van der Waals surface area contributed by atoms with Gasteiger partial charge in [-0.25, -0.2) is 0 Å². The molecule has 0 rings (SSSR count). The minimum Gasteiger partial charge on any atom is -0.480 e. The zero-order valence-corrected chi connectivity index (χ0v) is 8.30. The first-order chi connectivity index (χ1) is 5.61. The van der Waals surface area contributed by atoms with Crippen molar-refractivity contribution in [3.05, 3.63) is 0 Å². The van der Waals surface area contributed by atoms with Crippen LogP contribution in [0.1, 0.15) is 20.3 Å². The van der Waals surface area contributed by atoms with Crippen molar-refractivity contribution in [1.29, 1.82) is 0 Å². The van der Waals surface area contributed by atoms with Crippen molar-refractivity contribution in [1.82, 2.24) is 0 Å². The molecule has 0 radical (unpaired) electrons. The molecule has 0 aliphatic carbocycles. The highest BCUT2D eigenvalue weighted by Gasteiger charge is 2.16. The highest BCUT2D eigenvalue weighted by molar-refractivity contribution is 8.00. The maximum Gasteiger partial charge on any atom is 0.316 e. The molecule has 72 valence electrons. The predicted octanol–water partition coefficient (Wildman–Crippen LogP) is 1.21. The van der Waals surface area contributed by atoms with Gasteiger partial charge in [0, 0.05) is 6.61 Å². The molecule has 0 aliphatic heterocycles. The van der Waals surface area contributed by atoms with Gasteiger partial charge in [0.05, 0.1) is 0 Å². The monoisotopic (exact) mass is 192 g/mol. The molecule has 0 saturated heterocycles. The second kappa shape index (κ2) is 6.31. The molecular weight excluding hydrogens is 176 g/mol. The van der Waals surface area contributed by atoms with Crippen LogP contribution in [0.15, 0.2) is 0 Å². The van der Waals surface area contributed by atoms with E-state index >= 15 is 0 Å². The Kier molecular flexibility index (Phi) is 6.20. The third-order valence-corrected chi connectivity index (χ3v) is 3.24. The van der Waals surface area contributed by atoms with Crippen LogP contribution in [0, 0.1) is 5.92 Å². The van der Waals surface area contributed by atoms with Crippen molar-refractivity contribution in [2.45, 2.75) is 25.5 Å². The van der Waals surface area contributed by atoms with Crippen LogP contribution in [0.2, 0.25) is 0 Å². The number of hydrogen-bond donors (Lipinski definition) is 2. The van der Waals surface area contributed by atoms with E-state index in [9.17, 15) is 4.79 Å². The second-order valence-corrected chi connectivity index (χ2v) is 4.09. The Morgan fingerprint density at radius 1 is 1.58 bits per heavy atom. The Morgan fingerprint density at radius 2 is 2.17 bits per heavy atom. The van der Waals surface area contributed by atoms with E-state index in [0.29, 0.717) is 12.2 Å². The van der Waals surface area contributed by atoms with Gasteiger partial charge in [-0.3, -0.25) is 4.79 Å². The number of aliphatic carboxylic acids is 1. The first-order valence-electron chi connectivity index (χ1n) is 4.07. The smallest absolute Gasteiger partial charge is 0.316 e. The van der Waals surface area contributed by atoms with Gasteiger partial charge in [-0.05, 0) is 18.1 Å². The van der Waals surface area contributed by atoms with Gasteiger partial charge >= 0.3 is 5.97 Å². The van der Waals surface area contributed by atoms with E-state index in [1.807, 2.05) is 13.8 Å². The summed E-state index contributed by atoms with van der Waals surface area (Å²) in [6, 6.07) is 0. The molecule has 0 bridgehead atoms. The molecule has 2 N–H and O–H groups in total. The summed E-state index contributed by atoms with van der Waals surface area (Å²) in [6.45, 7) is 3.89. The average molecular weight is 192 g/mol. The lowest BCUT2D eigenvalue weighted by atomic mass is 10.2. The van der Waals surface area contributed by atoms with Crippen LogP contribution in [0.25, 0.3) is 0 Å². The van der Waals surface area contributed by atoms with E-state index in [1.54, 1.807) is 0 Å². The number of carboxylic acids is 1. The molecule has 0 aromatic rings.